The number of nitrogens with zero attached hydrogens (tertiary/aromatic N) is 4. The number of aryl methyl sites for hydroxylation is 1. The van der Waals surface area contributed by atoms with Crippen molar-refractivity contribution >= 4 is 5.91 Å². The van der Waals surface area contributed by atoms with Crippen molar-refractivity contribution in [1.29, 1.82) is 0 Å². The number of fused-ring (bicyclic) bond motifs is 1. The minimum Gasteiger partial charge on any atom is -0.477 e. The number of hydrogen-bond donors (Lipinski definition) is 1. The van der Waals surface area contributed by atoms with Crippen molar-refractivity contribution in [3.05, 3.63) is 41.3 Å². The lowest BCUT2D eigenvalue weighted by atomic mass is 9.80. The van der Waals surface area contributed by atoms with Gasteiger partial charge in [-0.05, 0) is 50.3 Å². The second-order valence-electron chi connectivity index (χ2n) is 7.29. The topological polar surface area (TPSA) is 80.5 Å². The lowest BCUT2D eigenvalue weighted by Crippen LogP contribution is -2.31. The number of ether oxygens (including phenoxy) is 1. The van der Waals surface area contributed by atoms with Crippen LogP contribution in [0, 0.1) is 5.92 Å². The van der Waals surface area contributed by atoms with Crippen LogP contribution in [-0.4, -0.2) is 43.8 Å². The Hall–Kier alpha value is -2.41. The van der Waals surface area contributed by atoms with Crippen molar-refractivity contribution in [3.8, 4) is 5.88 Å². The van der Waals surface area contributed by atoms with E-state index >= 15 is 0 Å². The molecule has 27 heavy (non-hydrogen) atoms. The van der Waals surface area contributed by atoms with E-state index in [1.54, 1.807) is 18.3 Å². The summed E-state index contributed by atoms with van der Waals surface area (Å²) in [6.45, 7) is 4.23. The number of pyridine rings is 1. The number of aromatic nitrogens is 3. The second-order valence-corrected chi connectivity index (χ2v) is 7.29. The largest absolute Gasteiger partial charge is 0.477 e. The van der Waals surface area contributed by atoms with Gasteiger partial charge in [0.15, 0.2) is 0 Å². The van der Waals surface area contributed by atoms with Crippen molar-refractivity contribution in [3.63, 3.8) is 0 Å². The highest BCUT2D eigenvalue weighted by molar-refractivity contribution is 5.96. The molecule has 0 radical (unpaired) electrons. The standard InChI is InChI=1S/C20H26N4O3/c1-2-27-19-16(8-4-9-21-19)20(26)23-10-5-11-24-15(13-23)12-17(22-24)18(25)14-6-3-7-14/h4,8-9,12,14,18,25H,2-3,5-7,10-11,13H2,1H3/t18-/m1/s1. The molecule has 0 saturated heterocycles. The quantitative estimate of drug-likeness (QED) is 0.875. The number of carbonyl (C=O) groups excluding carboxylic acids is 1. The summed E-state index contributed by atoms with van der Waals surface area (Å²) >= 11 is 0. The smallest absolute Gasteiger partial charge is 0.259 e. The molecule has 4 rings (SSSR count). The molecule has 1 amide bonds. The van der Waals surface area contributed by atoms with Gasteiger partial charge in [-0.15, -0.1) is 0 Å². The maximum Gasteiger partial charge on any atom is 0.259 e. The molecule has 2 aromatic heterocycles. The highest BCUT2D eigenvalue weighted by Crippen LogP contribution is 2.37. The van der Waals surface area contributed by atoms with Crippen LogP contribution in [0.25, 0.3) is 0 Å². The van der Waals surface area contributed by atoms with Crippen molar-refractivity contribution in [2.45, 2.75) is 51.8 Å². The van der Waals surface area contributed by atoms with Crippen LogP contribution in [0.3, 0.4) is 0 Å². The molecule has 3 heterocycles. The Bertz CT molecular complexity index is 815. The van der Waals surface area contributed by atoms with Gasteiger partial charge < -0.3 is 14.7 Å². The van der Waals surface area contributed by atoms with E-state index in [2.05, 4.69) is 10.1 Å². The SMILES string of the molecule is CCOc1ncccc1C(=O)N1CCCn2nc([C@H](O)C3CCC3)cc2C1. The Morgan fingerprint density at radius 3 is 2.96 bits per heavy atom. The highest BCUT2D eigenvalue weighted by atomic mass is 16.5. The molecule has 7 heteroatoms. The molecule has 1 aliphatic heterocycles. The number of aliphatic hydroxyl groups is 1. The van der Waals surface area contributed by atoms with E-state index in [1.807, 2.05) is 22.6 Å². The van der Waals surface area contributed by atoms with Crippen LogP contribution in [0.1, 0.15) is 60.5 Å². The Kier molecular flexibility index (Phi) is 5.11. The zero-order valence-corrected chi connectivity index (χ0v) is 15.7. The van der Waals surface area contributed by atoms with Crippen LogP contribution < -0.4 is 4.74 Å². The molecule has 2 aliphatic rings. The van der Waals surface area contributed by atoms with E-state index in [9.17, 15) is 9.90 Å². The Balaban J connectivity index is 1.54. The predicted octanol–water partition coefficient (Wildman–Crippen LogP) is 2.56. The molecule has 0 aromatic carbocycles. The molecule has 1 atom stereocenters. The summed E-state index contributed by atoms with van der Waals surface area (Å²) in [6.07, 6.45) is 5.27. The minimum atomic E-state index is -0.495. The van der Waals surface area contributed by atoms with Crippen molar-refractivity contribution in [2.24, 2.45) is 5.92 Å². The van der Waals surface area contributed by atoms with E-state index in [4.69, 9.17) is 4.74 Å². The van der Waals surface area contributed by atoms with Gasteiger partial charge in [0.1, 0.15) is 11.7 Å². The van der Waals surface area contributed by atoms with Crippen LogP contribution in [0.4, 0.5) is 0 Å². The maximum absolute atomic E-state index is 13.1. The first-order chi connectivity index (χ1) is 13.2. The van der Waals surface area contributed by atoms with Crippen LogP contribution in [-0.2, 0) is 13.1 Å². The van der Waals surface area contributed by atoms with E-state index in [0.29, 0.717) is 37.1 Å². The zero-order valence-electron chi connectivity index (χ0n) is 15.7. The highest BCUT2D eigenvalue weighted by Gasteiger charge is 2.30. The molecule has 2 aromatic rings. The number of hydrogen-bond acceptors (Lipinski definition) is 5. The first kappa shape index (κ1) is 18.0. The van der Waals surface area contributed by atoms with Gasteiger partial charge in [-0.25, -0.2) is 4.98 Å². The molecule has 1 N–H and O–H groups in total. The fourth-order valence-electron chi connectivity index (χ4n) is 3.78. The third-order valence-corrected chi connectivity index (χ3v) is 5.50. The molecule has 1 aliphatic carbocycles. The predicted molar refractivity (Wildman–Crippen MR) is 99.3 cm³/mol. The van der Waals surface area contributed by atoms with Crippen molar-refractivity contribution < 1.29 is 14.6 Å². The van der Waals surface area contributed by atoms with E-state index in [-0.39, 0.29) is 5.91 Å². The van der Waals surface area contributed by atoms with Gasteiger partial charge in [-0.2, -0.15) is 5.10 Å². The van der Waals surface area contributed by atoms with Crippen LogP contribution >= 0.6 is 0 Å². The van der Waals surface area contributed by atoms with Crippen molar-refractivity contribution in [1.82, 2.24) is 19.7 Å². The summed E-state index contributed by atoms with van der Waals surface area (Å²) in [5, 5.41) is 15.1. The molecule has 1 fully saturated rings. The maximum atomic E-state index is 13.1. The number of rotatable bonds is 5. The summed E-state index contributed by atoms with van der Waals surface area (Å²) in [5.74, 6) is 0.622. The number of aliphatic hydroxyl groups excluding tert-OH is 1. The normalized spacial score (nSPS) is 18.4. The second kappa shape index (κ2) is 7.68. The first-order valence-electron chi connectivity index (χ1n) is 9.79. The summed E-state index contributed by atoms with van der Waals surface area (Å²) in [6, 6.07) is 5.47. The Labute approximate surface area is 159 Å². The van der Waals surface area contributed by atoms with E-state index < -0.39 is 6.10 Å². The van der Waals surface area contributed by atoms with Gasteiger partial charge in [-0.3, -0.25) is 9.48 Å². The first-order valence-corrected chi connectivity index (χ1v) is 9.79. The third-order valence-electron chi connectivity index (χ3n) is 5.50. The number of carbonyl (C=O) groups is 1. The summed E-state index contributed by atoms with van der Waals surface area (Å²) < 4.78 is 7.46. The van der Waals surface area contributed by atoms with Gasteiger partial charge in [0.05, 0.1) is 24.5 Å². The van der Waals surface area contributed by atoms with Crippen LogP contribution in [0.5, 0.6) is 5.88 Å². The summed E-state index contributed by atoms with van der Waals surface area (Å²) in [4.78, 5) is 19.1. The molecule has 0 bridgehead atoms. The van der Waals surface area contributed by atoms with E-state index in [0.717, 1.165) is 37.2 Å². The van der Waals surface area contributed by atoms with E-state index in [1.165, 1.54) is 6.42 Å². The minimum absolute atomic E-state index is 0.0812. The number of amides is 1. The Morgan fingerprint density at radius 1 is 1.37 bits per heavy atom. The zero-order chi connectivity index (χ0) is 18.8. The fourth-order valence-corrected chi connectivity index (χ4v) is 3.78. The molecule has 1 saturated carbocycles. The Morgan fingerprint density at radius 2 is 2.22 bits per heavy atom. The average Bonchev–Trinajstić information content (AvgIpc) is 2.92. The van der Waals surface area contributed by atoms with Crippen molar-refractivity contribution in [2.75, 3.05) is 13.2 Å². The molecule has 0 spiro atoms. The fraction of sp³-hybridized carbons (Fsp3) is 0.550. The monoisotopic (exact) mass is 370 g/mol. The lowest BCUT2D eigenvalue weighted by molar-refractivity contribution is 0.0580. The van der Waals surface area contributed by atoms with Crippen LogP contribution in [0.15, 0.2) is 24.4 Å². The lowest BCUT2D eigenvalue weighted by Gasteiger charge is -2.29. The van der Waals surface area contributed by atoms with Gasteiger partial charge in [0.25, 0.3) is 5.91 Å². The molecule has 7 nitrogen and oxygen atoms in total. The molecule has 0 unspecified atom stereocenters. The molecule has 144 valence electrons. The van der Waals surface area contributed by atoms with Gasteiger partial charge >= 0.3 is 0 Å². The van der Waals surface area contributed by atoms with Gasteiger partial charge in [0.2, 0.25) is 5.88 Å². The molecular formula is C20H26N4O3. The molecular weight excluding hydrogens is 344 g/mol. The van der Waals surface area contributed by atoms with Gasteiger partial charge in [-0.1, -0.05) is 6.42 Å². The van der Waals surface area contributed by atoms with Crippen LogP contribution in [0.2, 0.25) is 0 Å². The summed E-state index contributed by atoms with van der Waals surface area (Å²) in [7, 11) is 0. The third kappa shape index (κ3) is 3.56. The average molecular weight is 370 g/mol. The summed E-state index contributed by atoms with van der Waals surface area (Å²) in [5.41, 5.74) is 2.19. The van der Waals surface area contributed by atoms with Gasteiger partial charge in [0, 0.05) is 19.3 Å².